The summed E-state index contributed by atoms with van der Waals surface area (Å²) in [6.07, 6.45) is -0.654. The lowest BCUT2D eigenvalue weighted by molar-refractivity contribution is -0.122. The van der Waals surface area contributed by atoms with Gasteiger partial charge in [0.15, 0.2) is 0 Å². The van der Waals surface area contributed by atoms with Gasteiger partial charge in [0.1, 0.15) is 5.82 Å². The summed E-state index contributed by atoms with van der Waals surface area (Å²) in [4.78, 5) is 11.2. The maximum atomic E-state index is 12.8. The third kappa shape index (κ3) is 2.50. The van der Waals surface area contributed by atoms with Crippen LogP contribution in [0, 0.1) is 11.7 Å². The van der Waals surface area contributed by atoms with Crippen molar-refractivity contribution in [1.29, 1.82) is 0 Å². The number of aliphatic hydroxyl groups is 1. The lowest BCUT2D eigenvalue weighted by atomic mass is 9.88. The van der Waals surface area contributed by atoms with Crippen molar-refractivity contribution >= 4 is 11.6 Å². The first-order valence-electron chi connectivity index (χ1n) is 5.34. The van der Waals surface area contributed by atoms with E-state index in [-0.39, 0.29) is 24.1 Å². The van der Waals surface area contributed by atoms with Crippen molar-refractivity contribution in [2.45, 2.75) is 19.4 Å². The van der Waals surface area contributed by atoms with Gasteiger partial charge in [0.05, 0.1) is 6.10 Å². The molecule has 0 unspecified atom stereocenters. The third-order valence-electron chi connectivity index (χ3n) is 2.89. The van der Waals surface area contributed by atoms with Gasteiger partial charge in [-0.25, -0.2) is 9.82 Å². The molecule has 1 amide bonds. The van der Waals surface area contributed by atoms with Gasteiger partial charge in [-0.05, 0) is 24.6 Å². The van der Waals surface area contributed by atoms with Crippen LogP contribution >= 0.6 is 0 Å². The second-order valence-electron chi connectivity index (χ2n) is 4.10. The van der Waals surface area contributed by atoms with Crippen LogP contribution in [-0.2, 0) is 4.79 Å². The number of carbonyl (C=O) groups excluding carboxylic acids is 1. The number of hydrogen-bond acceptors (Lipinski definition) is 3. The van der Waals surface area contributed by atoms with Crippen LogP contribution in [0.1, 0.15) is 25.0 Å². The Hall–Kier alpha value is -1.75. The Morgan fingerprint density at radius 1 is 1.47 bits per heavy atom. The van der Waals surface area contributed by atoms with Crippen molar-refractivity contribution in [3.63, 3.8) is 0 Å². The fourth-order valence-electron chi connectivity index (χ4n) is 1.86. The molecule has 5 heteroatoms. The molecule has 0 bridgehead atoms. The summed E-state index contributed by atoms with van der Waals surface area (Å²) >= 11 is 0. The summed E-state index contributed by atoms with van der Waals surface area (Å²) < 4.78 is 12.8. The van der Waals surface area contributed by atoms with Gasteiger partial charge in [0, 0.05) is 18.1 Å². The molecule has 0 radical (unpaired) electrons. The molecular formula is C12H13FN2O2. The zero-order valence-electron chi connectivity index (χ0n) is 9.35. The number of hydrazone groups is 1. The molecular weight excluding hydrogens is 223 g/mol. The van der Waals surface area contributed by atoms with Crippen LogP contribution in [0.25, 0.3) is 0 Å². The highest BCUT2D eigenvalue weighted by Crippen LogP contribution is 2.27. The Labute approximate surface area is 98.2 Å². The van der Waals surface area contributed by atoms with Crippen LogP contribution in [-0.4, -0.2) is 16.7 Å². The van der Waals surface area contributed by atoms with E-state index < -0.39 is 6.10 Å². The zero-order valence-corrected chi connectivity index (χ0v) is 9.35. The molecule has 17 heavy (non-hydrogen) atoms. The third-order valence-corrected chi connectivity index (χ3v) is 2.89. The van der Waals surface area contributed by atoms with Crippen molar-refractivity contribution in [3.05, 3.63) is 35.6 Å². The zero-order chi connectivity index (χ0) is 12.4. The molecule has 0 aromatic heterocycles. The van der Waals surface area contributed by atoms with E-state index in [9.17, 15) is 14.3 Å². The van der Waals surface area contributed by atoms with Crippen LogP contribution in [0.3, 0.4) is 0 Å². The van der Waals surface area contributed by atoms with E-state index in [1.54, 1.807) is 6.92 Å². The number of benzene rings is 1. The maximum Gasteiger partial charge on any atom is 0.240 e. The molecule has 1 heterocycles. The second kappa shape index (κ2) is 4.63. The van der Waals surface area contributed by atoms with Crippen LogP contribution < -0.4 is 5.43 Å². The summed E-state index contributed by atoms with van der Waals surface area (Å²) in [6.45, 7) is 1.75. The number of rotatable bonds is 2. The summed E-state index contributed by atoms with van der Waals surface area (Å²) in [6, 6.07) is 5.60. The second-order valence-corrected chi connectivity index (χ2v) is 4.10. The fourth-order valence-corrected chi connectivity index (χ4v) is 1.86. The minimum absolute atomic E-state index is 0.188. The van der Waals surface area contributed by atoms with E-state index in [2.05, 4.69) is 10.5 Å². The highest BCUT2D eigenvalue weighted by Gasteiger charge is 2.29. The Morgan fingerprint density at radius 3 is 2.76 bits per heavy atom. The maximum absolute atomic E-state index is 12.8. The van der Waals surface area contributed by atoms with E-state index in [1.165, 1.54) is 24.3 Å². The molecule has 4 nitrogen and oxygen atoms in total. The number of aliphatic hydroxyl groups excluding tert-OH is 1. The molecule has 0 fully saturated rings. The first-order valence-corrected chi connectivity index (χ1v) is 5.34. The summed E-state index contributed by atoms with van der Waals surface area (Å²) in [7, 11) is 0. The van der Waals surface area contributed by atoms with Gasteiger partial charge < -0.3 is 5.11 Å². The Morgan fingerprint density at radius 2 is 2.12 bits per heavy atom. The SMILES string of the molecule is CC1=NNC(=O)C[C@H]1[C@H](O)c1ccc(F)cc1. The highest BCUT2D eigenvalue weighted by atomic mass is 19.1. The van der Waals surface area contributed by atoms with Gasteiger partial charge in [-0.2, -0.15) is 5.10 Å². The largest absolute Gasteiger partial charge is 0.388 e. The highest BCUT2D eigenvalue weighted by molar-refractivity contribution is 5.93. The first-order chi connectivity index (χ1) is 8.08. The molecule has 0 saturated heterocycles. The topological polar surface area (TPSA) is 61.7 Å². The van der Waals surface area contributed by atoms with Crippen molar-refractivity contribution in [2.75, 3.05) is 0 Å². The number of halogens is 1. The van der Waals surface area contributed by atoms with Gasteiger partial charge in [-0.1, -0.05) is 12.1 Å². The summed E-state index contributed by atoms with van der Waals surface area (Å²) in [5.41, 5.74) is 3.61. The average Bonchev–Trinajstić information content (AvgIpc) is 2.32. The number of nitrogens with zero attached hydrogens (tertiary/aromatic N) is 1. The number of nitrogens with one attached hydrogen (secondary N) is 1. The fraction of sp³-hybridized carbons (Fsp3) is 0.333. The van der Waals surface area contributed by atoms with Crippen LogP contribution in [0.15, 0.2) is 29.4 Å². The summed E-state index contributed by atoms with van der Waals surface area (Å²) in [5, 5.41) is 14.0. The lowest BCUT2D eigenvalue weighted by Gasteiger charge is -2.25. The molecule has 1 aromatic carbocycles. The van der Waals surface area contributed by atoms with Gasteiger partial charge >= 0.3 is 0 Å². The number of amides is 1. The van der Waals surface area contributed by atoms with E-state index >= 15 is 0 Å². The normalized spacial score (nSPS) is 21.7. The van der Waals surface area contributed by atoms with Gasteiger partial charge in [0.25, 0.3) is 0 Å². The smallest absolute Gasteiger partial charge is 0.240 e. The van der Waals surface area contributed by atoms with Crippen LogP contribution in [0.2, 0.25) is 0 Å². The predicted octanol–water partition coefficient (Wildman–Crippen LogP) is 1.37. The number of hydrogen-bond donors (Lipinski definition) is 2. The van der Waals surface area contributed by atoms with E-state index in [0.717, 1.165) is 0 Å². The summed E-state index contributed by atoms with van der Waals surface area (Å²) in [5.74, 6) is -0.927. The molecule has 0 spiro atoms. The molecule has 2 rings (SSSR count). The molecule has 1 aliphatic heterocycles. The Balaban J connectivity index is 2.22. The standard InChI is InChI=1S/C12H13FN2O2/c1-7-10(6-11(16)15-14-7)12(17)8-2-4-9(13)5-3-8/h2-5,10,12,17H,6H2,1H3,(H,15,16)/t10-,12-/m1/s1. The van der Waals surface area contributed by atoms with Crippen LogP contribution in [0.4, 0.5) is 4.39 Å². The van der Waals surface area contributed by atoms with E-state index in [0.29, 0.717) is 11.3 Å². The lowest BCUT2D eigenvalue weighted by Crippen LogP contribution is -2.34. The first kappa shape index (κ1) is 11.7. The van der Waals surface area contributed by atoms with Crippen molar-refractivity contribution < 1.29 is 14.3 Å². The molecule has 1 aliphatic rings. The molecule has 0 aliphatic carbocycles. The molecule has 2 atom stereocenters. The Bertz CT molecular complexity index is 456. The molecule has 1 aromatic rings. The van der Waals surface area contributed by atoms with Crippen molar-refractivity contribution in [2.24, 2.45) is 11.0 Å². The minimum atomic E-state index is -0.842. The minimum Gasteiger partial charge on any atom is -0.388 e. The Kier molecular flexibility index (Phi) is 3.19. The van der Waals surface area contributed by atoms with Gasteiger partial charge in [-0.15, -0.1) is 0 Å². The molecule has 2 N–H and O–H groups in total. The predicted molar refractivity (Wildman–Crippen MR) is 60.7 cm³/mol. The van der Waals surface area contributed by atoms with Gasteiger partial charge in [-0.3, -0.25) is 4.79 Å². The quantitative estimate of drug-likeness (QED) is 0.814. The van der Waals surface area contributed by atoms with E-state index in [4.69, 9.17) is 0 Å². The monoisotopic (exact) mass is 236 g/mol. The van der Waals surface area contributed by atoms with Crippen molar-refractivity contribution in [1.82, 2.24) is 5.43 Å². The van der Waals surface area contributed by atoms with Crippen molar-refractivity contribution in [3.8, 4) is 0 Å². The average molecular weight is 236 g/mol. The van der Waals surface area contributed by atoms with Crippen LogP contribution in [0.5, 0.6) is 0 Å². The molecule has 0 saturated carbocycles. The van der Waals surface area contributed by atoms with Gasteiger partial charge in [0.2, 0.25) is 5.91 Å². The van der Waals surface area contributed by atoms with E-state index in [1.807, 2.05) is 0 Å². The molecule has 90 valence electrons. The number of carbonyl (C=O) groups is 1.